The molecule has 0 amide bonds. The summed E-state index contributed by atoms with van der Waals surface area (Å²) >= 11 is 5.10. The van der Waals surface area contributed by atoms with E-state index < -0.39 is 24.5 Å². The van der Waals surface area contributed by atoms with Gasteiger partial charge in [0.05, 0.1) is 19.0 Å². The molecular weight excluding hydrogens is 270 g/mol. The van der Waals surface area contributed by atoms with Crippen LogP contribution in [0.2, 0.25) is 0 Å². The third kappa shape index (κ3) is 2.04. The van der Waals surface area contributed by atoms with Crippen LogP contribution in [0.1, 0.15) is 6.42 Å². The Morgan fingerprint density at radius 2 is 2.32 bits per heavy atom. The molecular formula is C10H13N5O3S. The van der Waals surface area contributed by atoms with Gasteiger partial charge in [-0.25, -0.2) is 4.99 Å². The van der Waals surface area contributed by atoms with E-state index in [-0.39, 0.29) is 12.6 Å². The van der Waals surface area contributed by atoms with Gasteiger partial charge < -0.3 is 20.7 Å². The van der Waals surface area contributed by atoms with Crippen molar-refractivity contribution in [3.8, 4) is 0 Å². The molecule has 0 saturated carbocycles. The molecule has 1 unspecified atom stereocenters. The molecule has 4 N–H and O–H groups in total. The van der Waals surface area contributed by atoms with Gasteiger partial charge in [-0.15, -0.1) is 0 Å². The smallest absolute Gasteiger partial charge is 0.222 e. The number of nitrogens with two attached hydrogens (primary N) is 1. The molecule has 0 bridgehead atoms. The highest BCUT2D eigenvalue weighted by molar-refractivity contribution is 7.80. The average molecular weight is 283 g/mol. The third-order valence-electron chi connectivity index (χ3n) is 3.23. The monoisotopic (exact) mass is 283 g/mol. The second-order valence-corrected chi connectivity index (χ2v) is 4.89. The predicted molar refractivity (Wildman–Crippen MR) is 72.1 cm³/mol. The molecule has 19 heavy (non-hydrogen) atoms. The molecule has 3 aliphatic rings. The van der Waals surface area contributed by atoms with Gasteiger partial charge in [-0.3, -0.25) is 9.89 Å². The van der Waals surface area contributed by atoms with E-state index in [0.29, 0.717) is 17.2 Å². The molecule has 0 aromatic heterocycles. The number of guanidine groups is 1. The van der Waals surface area contributed by atoms with E-state index in [0.717, 1.165) is 0 Å². The zero-order valence-corrected chi connectivity index (χ0v) is 10.7. The van der Waals surface area contributed by atoms with E-state index in [2.05, 4.69) is 15.0 Å². The van der Waals surface area contributed by atoms with E-state index in [9.17, 15) is 5.11 Å². The highest BCUT2D eigenvalue weighted by atomic mass is 32.1. The van der Waals surface area contributed by atoms with Gasteiger partial charge in [-0.2, -0.15) is 4.99 Å². The van der Waals surface area contributed by atoms with Crippen LogP contribution >= 0.6 is 12.2 Å². The van der Waals surface area contributed by atoms with Gasteiger partial charge in [0.2, 0.25) is 5.96 Å². The van der Waals surface area contributed by atoms with Crippen molar-refractivity contribution in [2.24, 2.45) is 20.7 Å². The van der Waals surface area contributed by atoms with Crippen molar-refractivity contribution in [3.63, 3.8) is 0 Å². The van der Waals surface area contributed by atoms with Gasteiger partial charge in [0, 0.05) is 6.42 Å². The second kappa shape index (κ2) is 4.60. The van der Waals surface area contributed by atoms with Crippen LogP contribution in [0.15, 0.2) is 15.0 Å². The predicted octanol–water partition coefficient (Wildman–Crippen LogP) is -1.78. The third-order valence-corrected chi connectivity index (χ3v) is 3.55. The van der Waals surface area contributed by atoms with Crippen molar-refractivity contribution in [1.29, 1.82) is 0 Å². The summed E-state index contributed by atoms with van der Waals surface area (Å²) in [5.74, 6) is 0.636. The first kappa shape index (κ1) is 12.6. The fraction of sp³-hybridized carbons (Fsp3) is 0.600. The van der Waals surface area contributed by atoms with Crippen LogP contribution in [-0.4, -0.2) is 69.3 Å². The van der Waals surface area contributed by atoms with E-state index in [4.69, 9.17) is 27.8 Å². The molecule has 9 heteroatoms. The quantitative estimate of drug-likeness (QED) is 0.516. The molecule has 0 aromatic carbocycles. The molecule has 3 aliphatic heterocycles. The van der Waals surface area contributed by atoms with Crippen LogP contribution in [0.5, 0.6) is 0 Å². The number of thiocarbonyl (C=S) groups is 1. The lowest BCUT2D eigenvalue weighted by atomic mass is 10.2. The van der Waals surface area contributed by atoms with E-state index in [1.807, 2.05) is 0 Å². The van der Waals surface area contributed by atoms with Crippen LogP contribution < -0.4 is 5.73 Å². The first-order valence-electron chi connectivity index (χ1n) is 5.82. The van der Waals surface area contributed by atoms with Gasteiger partial charge in [-0.1, -0.05) is 12.2 Å². The zero-order valence-electron chi connectivity index (χ0n) is 9.88. The lowest BCUT2D eigenvalue weighted by Gasteiger charge is -2.25. The molecule has 0 spiro atoms. The van der Waals surface area contributed by atoms with Gasteiger partial charge in [-0.05, 0) is 0 Å². The highest BCUT2D eigenvalue weighted by Crippen LogP contribution is 2.26. The SMILES string of the molecule is NC1=NC(=S)C2N=CN([C@H]3C[C@H](O)[C@@H](CO)O3)C2=N1. The number of fused-ring (bicyclic) bond motifs is 1. The summed E-state index contributed by atoms with van der Waals surface area (Å²) < 4.78 is 5.56. The summed E-state index contributed by atoms with van der Waals surface area (Å²) in [4.78, 5) is 14.3. The number of nitrogens with zero attached hydrogens (tertiary/aromatic N) is 4. The Labute approximate surface area is 114 Å². The Balaban J connectivity index is 1.82. The minimum atomic E-state index is -0.718. The number of hydrogen-bond donors (Lipinski definition) is 3. The largest absolute Gasteiger partial charge is 0.394 e. The molecule has 3 heterocycles. The standard InChI is InChI=1S/C10H13N5O3S/c11-10-13-8-7(9(19)14-10)12-3-15(8)6-1-4(17)5(2-16)18-6/h3-7,16-17H,1-2H2,(H2,11,14,19)/t4-,5+,6+,7?/m0/s1. The van der Waals surface area contributed by atoms with Crippen LogP contribution in [0, 0.1) is 0 Å². The van der Waals surface area contributed by atoms with Gasteiger partial charge in [0.25, 0.3) is 0 Å². The van der Waals surface area contributed by atoms with E-state index in [1.165, 1.54) is 0 Å². The lowest BCUT2D eigenvalue weighted by molar-refractivity contribution is -0.0432. The first-order chi connectivity index (χ1) is 9.10. The molecule has 102 valence electrons. The first-order valence-corrected chi connectivity index (χ1v) is 6.23. The van der Waals surface area contributed by atoms with Gasteiger partial charge in [0.1, 0.15) is 23.2 Å². The van der Waals surface area contributed by atoms with Crippen LogP contribution in [0.25, 0.3) is 0 Å². The number of aliphatic hydroxyl groups is 2. The summed E-state index contributed by atoms with van der Waals surface area (Å²) in [6.07, 6.45) is 0.158. The fourth-order valence-corrected chi connectivity index (χ4v) is 2.55. The molecule has 8 nitrogen and oxygen atoms in total. The molecule has 0 radical (unpaired) electrons. The molecule has 4 atom stereocenters. The Bertz CT molecular complexity index is 505. The number of rotatable bonds is 2. The molecule has 3 rings (SSSR count). The fourth-order valence-electron chi connectivity index (χ4n) is 2.29. The summed E-state index contributed by atoms with van der Waals surface area (Å²) in [7, 11) is 0. The van der Waals surface area contributed by atoms with Crippen LogP contribution in [-0.2, 0) is 4.74 Å². The second-order valence-electron chi connectivity index (χ2n) is 4.47. The van der Waals surface area contributed by atoms with Crippen molar-refractivity contribution in [2.45, 2.75) is 30.9 Å². The van der Waals surface area contributed by atoms with Crippen molar-refractivity contribution >= 4 is 35.3 Å². The number of hydrogen-bond acceptors (Lipinski definition) is 8. The van der Waals surface area contributed by atoms with Gasteiger partial charge in [0.15, 0.2) is 6.04 Å². The number of aliphatic hydroxyl groups excluding tert-OH is 2. The zero-order chi connectivity index (χ0) is 13.6. The van der Waals surface area contributed by atoms with Crippen molar-refractivity contribution < 1.29 is 14.9 Å². The van der Waals surface area contributed by atoms with E-state index in [1.54, 1.807) is 11.2 Å². The normalized spacial score (nSPS) is 37.4. The molecule has 1 fully saturated rings. The summed E-state index contributed by atoms with van der Waals surface area (Å²) in [6.45, 7) is -0.236. The van der Waals surface area contributed by atoms with Crippen LogP contribution in [0.3, 0.4) is 0 Å². The molecule has 1 saturated heterocycles. The summed E-state index contributed by atoms with van der Waals surface area (Å²) in [5, 5.41) is 18.8. The number of ether oxygens (including phenoxy) is 1. The van der Waals surface area contributed by atoms with E-state index >= 15 is 0 Å². The average Bonchev–Trinajstić information content (AvgIpc) is 2.92. The topological polar surface area (TPSA) is 116 Å². The minimum absolute atomic E-state index is 0.0870. The Hall–Kier alpha value is -1.42. The van der Waals surface area contributed by atoms with Crippen molar-refractivity contribution in [2.75, 3.05) is 6.61 Å². The molecule has 0 aliphatic carbocycles. The minimum Gasteiger partial charge on any atom is -0.394 e. The van der Waals surface area contributed by atoms with Crippen molar-refractivity contribution in [1.82, 2.24) is 4.90 Å². The Kier molecular flexibility index (Phi) is 3.05. The Morgan fingerprint density at radius 1 is 1.53 bits per heavy atom. The summed E-state index contributed by atoms with van der Waals surface area (Å²) in [5.41, 5.74) is 5.59. The molecule has 0 aromatic rings. The van der Waals surface area contributed by atoms with Gasteiger partial charge >= 0.3 is 0 Å². The maximum absolute atomic E-state index is 9.75. The number of aliphatic imine (C=N–C) groups is 3. The number of amidine groups is 1. The van der Waals surface area contributed by atoms with Crippen LogP contribution in [0.4, 0.5) is 0 Å². The Morgan fingerprint density at radius 3 is 3.00 bits per heavy atom. The summed E-state index contributed by atoms with van der Waals surface area (Å²) in [6, 6.07) is -0.420. The maximum Gasteiger partial charge on any atom is 0.222 e. The lowest BCUT2D eigenvalue weighted by Crippen LogP contribution is -2.44. The maximum atomic E-state index is 9.75. The van der Waals surface area contributed by atoms with Crippen molar-refractivity contribution in [3.05, 3.63) is 0 Å². The highest BCUT2D eigenvalue weighted by Gasteiger charge is 2.42.